The summed E-state index contributed by atoms with van der Waals surface area (Å²) in [5.74, 6) is 0.742. The smallest absolute Gasteiger partial charge is 0.226 e. The Morgan fingerprint density at radius 1 is 1.16 bits per heavy atom. The predicted molar refractivity (Wildman–Crippen MR) is 102 cm³/mol. The molecule has 1 aromatic heterocycles. The molecule has 3 aromatic rings. The minimum absolute atomic E-state index is 0.0264. The Balaban J connectivity index is 1.61. The fourth-order valence-corrected chi connectivity index (χ4v) is 3.23. The summed E-state index contributed by atoms with van der Waals surface area (Å²) in [6.45, 7) is 2.05. The van der Waals surface area contributed by atoms with Crippen molar-refractivity contribution >= 4 is 22.4 Å². The maximum absolute atomic E-state index is 12.2. The van der Waals surface area contributed by atoms with Crippen molar-refractivity contribution in [2.75, 3.05) is 12.4 Å². The Bertz CT molecular complexity index is 856. The quantitative estimate of drug-likeness (QED) is 0.700. The number of benzene rings is 2. The van der Waals surface area contributed by atoms with E-state index < -0.39 is 0 Å². The normalized spacial score (nSPS) is 10.5. The predicted octanol–water partition coefficient (Wildman–Crippen LogP) is 4.70. The topological polar surface area (TPSA) is 51.2 Å². The first-order valence-corrected chi connectivity index (χ1v) is 8.98. The van der Waals surface area contributed by atoms with E-state index in [1.165, 1.54) is 16.9 Å². The van der Waals surface area contributed by atoms with Crippen molar-refractivity contribution in [2.24, 2.45) is 0 Å². The van der Waals surface area contributed by atoms with Gasteiger partial charge in [-0.05, 0) is 31.0 Å². The van der Waals surface area contributed by atoms with Gasteiger partial charge in [-0.15, -0.1) is 11.3 Å². The number of hydrogen-bond acceptors (Lipinski definition) is 4. The fraction of sp³-hybridized carbons (Fsp3) is 0.200. The van der Waals surface area contributed by atoms with Crippen molar-refractivity contribution in [1.29, 1.82) is 0 Å². The zero-order valence-corrected chi connectivity index (χ0v) is 15.1. The van der Waals surface area contributed by atoms with Crippen LogP contribution in [0.15, 0.2) is 53.9 Å². The van der Waals surface area contributed by atoms with E-state index in [-0.39, 0.29) is 5.91 Å². The van der Waals surface area contributed by atoms with Gasteiger partial charge in [0.2, 0.25) is 5.91 Å². The molecule has 1 heterocycles. The molecule has 0 aliphatic rings. The number of para-hydroxylation sites is 1. The highest BCUT2D eigenvalue weighted by Gasteiger charge is 2.11. The van der Waals surface area contributed by atoms with E-state index in [0.29, 0.717) is 11.6 Å². The molecule has 0 radical (unpaired) electrons. The third-order valence-corrected chi connectivity index (χ3v) is 4.65. The third-order valence-electron chi connectivity index (χ3n) is 3.89. The van der Waals surface area contributed by atoms with Gasteiger partial charge in [-0.2, -0.15) is 0 Å². The van der Waals surface area contributed by atoms with Crippen molar-refractivity contribution in [3.8, 4) is 17.0 Å². The zero-order valence-electron chi connectivity index (χ0n) is 14.3. The van der Waals surface area contributed by atoms with Crippen molar-refractivity contribution in [3.05, 3.63) is 65.0 Å². The second kappa shape index (κ2) is 7.94. The summed E-state index contributed by atoms with van der Waals surface area (Å²) in [5.41, 5.74) is 4.10. The lowest BCUT2D eigenvalue weighted by molar-refractivity contribution is -0.116. The molecular weight excluding hydrogens is 332 g/mol. The van der Waals surface area contributed by atoms with Gasteiger partial charge >= 0.3 is 0 Å². The molecule has 4 nitrogen and oxygen atoms in total. The lowest BCUT2D eigenvalue weighted by atomic mass is 10.1. The molecule has 0 aliphatic heterocycles. The second-order valence-corrected chi connectivity index (χ2v) is 6.63. The molecule has 0 bridgehead atoms. The molecule has 0 saturated carbocycles. The monoisotopic (exact) mass is 352 g/mol. The minimum Gasteiger partial charge on any atom is -0.496 e. The second-order valence-electron chi connectivity index (χ2n) is 5.77. The van der Waals surface area contributed by atoms with Gasteiger partial charge in [-0.1, -0.05) is 42.0 Å². The van der Waals surface area contributed by atoms with E-state index in [9.17, 15) is 4.79 Å². The van der Waals surface area contributed by atoms with Gasteiger partial charge in [0.15, 0.2) is 5.13 Å². The Morgan fingerprint density at radius 2 is 1.92 bits per heavy atom. The SMILES string of the molecule is COc1ccccc1-c1csc(NC(=O)CCc2ccc(C)cc2)n1. The van der Waals surface area contributed by atoms with E-state index in [4.69, 9.17) is 4.74 Å². The summed E-state index contributed by atoms with van der Waals surface area (Å²) >= 11 is 1.42. The van der Waals surface area contributed by atoms with Gasteiger partial charge < -0.3 is 10.1 Å². The first-order valence-electron chi connectivity index (χ1n) is 8.10. The Labute approximate surface area is 151 Å². The first-order chi connectivity index (χ1) is 12.2. The lowest BCUT2D eigenvalue weighted by Gasteiger charge is -2.05. The lowest BCUT2D eigenvalue weighted by Crippen LogP contribution is -2.12. The fourth-order valence-electron chi connectivity index (χ4n) is 2.51. The van der Waals surface area contributed by atoms with Gasteiger partial charge in [0, 0.05) is 17.4 Å². The molecule has 0 saturated heterocycles. The standard InChI is InChI=1S/C20H20N2O2S/c1-14-7-9-15(10-8-14)11-12-19(23)22-20-21-17(13-25-20)16-5-3-4-6-18(16)24-2/h3-10,13H,11-12H2,1-2H3,(H,21,22,23). The van der Waals surface area contributed by atoms with Gasteiger partial charge in [0.25, 0.3) is 0 Å². The molecule has 0 aliphatic carbocycles. The molecule has 128 valence electrons. The summed E-state index contributed by atoms with van der Waals surface area (Å²) in [5, 5.41) is 5.41. The third kappa shape index (κ3) is 4.45. The number of carbonyl (C=O) groups excluding carboxylic acids is 1. The number of rotatable bonds is 6. The maximum Gasteiger partial charge on any atom is 0.226 e. The molecule has 0 atom stereocenters. The largest absolute Gasteiger partial charge is 0.496 e. The van der Waals surface area contributed by atoms with Gasteiger partial charge in [-0.25, -0.2) is 4.98 Å². The van der Waals surface area contributed by atoms with Crippen LogP contribution in [0.25, 0.3) is 11.3 Å². The molecule has 0 unspecified atom stereocenters. The number of aryl methyl sites for hydroxylation is 2. The molecular formula is C20H20N2O2S. The number of nitrogens with zero attached hydrogens (tertiary/aromatic N) is 1. The summed E-state index contributed by atoms with van der Waals surface area (Å²) in [6.07, 6.45) is 1.16. The molecule has 5 heteroatoms. The molecule has 1 amide bonds. The van der Waals surface area contributed by atoms with E-state index in [1.807, 2.05) is 29.6 Å². The van der Waals surface area contributed by atoms with Crippen LogP contribution in [0.1, 0.15) is 17.5 Å². The number of hydrogen-bond donors (Lipinski definition) is 1. The number of nitrogens with one attached hydrogen (secondary N) is 1. The van der Waals surface area contributed by atoms with Crippen LogP contribution in [-0.4, -0.2) is 18.0 Å². The number of thiazole rings is 1. The van der Waals surface area contributed by atoms with Crippen LogP contribution in [0.5, 0.6) is 5.75 Å². The molecule has 25 heavy (non-hydrogen) atoms. The average molecular weight is 352 g/mol. The molecule has 2 aromatic carbocycles. The highest BCUT2D eigenvalue weighted by Crippen LogP contribution is 2.31. The van der Waals surface area contributed by atoms with Crippen LogP contribution >= 0.6 is 11.3 Å². The van der Waals surface area contributed by atoms with Crippen molar-refractivity contribution in [1.82, 2.24) is 4.98 Å². The van der Waals surface area contributed by atoms with Gasteiger partial charge in [0.05, 0.1) is 12.8 Å². The van der Waals surface area contributed by atoms with Crippen LogP contribution in [0.2, 0.25) is 0 Å². The van der Waals surface area contributed by atoms with Gasteiger partial charge in [0.1, 0.15) is 5.75 Å². The van der Waals surface area contributed by atoms with E-state index >= 15 is 0 Å². The summed E-state index contributed by atoms with van der Waals surface area (Å²) in [7, 11) is 1.64. The van der Waals surface area contributed by atoms with E-state index in [1.54, 1.807) is 7.11 Å². The summed E-state index contributed by atoms with van der Waals surface area (Å²) < 4.78 is 5.36. The maximum atomic E-state index is 12.2. The van der Waals surface area contributed by atoms with Crippen LogP contribution in [0, 0.1) is 6.92 Å². The van der Waals surface area contributed by atoms with Crippen LogP contribution in [0.3, 0.4) is 0 Å². The number of ether oxygens (including phenoxy) is 1. The first kappa shape index (κ1) is 17.2. The Morgan fingerprint density at radius 3 is 2.68 bits per heavy atom. The number of methoxy groups -OCH3 is 1. The summed E-state index contributed by atoms with van der Waals surface area (Å²) in [4.78, 5) is 16.7. The Kier molecular flexibility index (Phi) is 5.46. The van der Waals surface area contributed by atoms with Crippen LogP contribution < -0.4 is 10.1 Å². The van der Waals surface area contributed by atoms with Crippen LogP contribution in [0.4, 0.5) is 5.13 Å². The number of amides is 1. The molecule has 0 spiro atoms. The number of anilines is 1. The molecule has 0 fully saturated rings. The van der Waals surface area contributed by atoms with Gasteiger partial charge in [-0.3, -0.25) is 4.79 Å². The number of aromatic nitrogens is 1. The highest BCUT2D eigenvalue weighted by molar-refractivity contribution is 7.14. The van der Waals surface area contributed by atoms with Crippen molar-refractivity contribution in [2.45, 2.75) is 19.8 Å². The van der Waals surface area contributed by atoms with E-state index in [0.717, 1.165) is 29.0 Å². The number of carbonyl (C=O) groups is 1. The average Bonchev–Trinajstić information content (AvgIpc) is 3.09. The van der Waals surface area contributed by atoms with Crippen molar-refractivity contribution < 1.29 is 9.53 Å². The minimum atomic E-state index is -0.0264. The molecule has 3 rings (SSSR count). The van der Waals surface area contributed by atoms with E-state index in [2.05, 4.69) is 41.5 Å². The summed E-state index contributed by atoms with van der Waals surface area (Å²) in [6, 6.07) is 16.0. The zero-order chi connectivity index (χ0) is 17.6. The van der Waals surface area contributed by atoms with Crippen molar-refractivity contribution in [3.63, 3.8) is 0 Å². The van der Waals surface area contributed by atoms with Crippen LogP contribution in [-0.2, 0) is 11.2 Å². The Hall–Kier alpha value is -2.66. The molecule has 1 N–H and O–H groups in total. The highest BCUT2D eigenvalue weighted by atomic mass is 32.1.